The maximum atomic E-state index is 10.8. The van der Waals surface area contributed by atoms with E-state index in [-0.39, 0.29) is 5.91 Å². The van der Waals surface area contributed by atoms with E-state index in [0.29, 0.717) is 12.3 Å². The molecule has 1 amide bonds. The smallest absolute Gasteiger partial charge is 0.217 e. The molecule has 1 atom stereocenters. The molecule has 1 aliphatic rings. The van der Waals surface area contributed by atoms with Gasteiger partial charge in [-0.3, -0.25) is 9.69 Å². The van der Waals surface area contributed by atoms with Crippen molar-refractivity contribution in [1.29, 1.82) is 0 Å². The SMILES string of the molecule is NC(=O)CCC1CCCN(Cc2ccc(Br)o2)C1. The van der Waals surface area contributed by atoms with E-state index in [4.69, 9.17) is 10.2 Å². The van der Waals surface area contributed by atoms with E-state index in [0.717, 1.165) is 36.5 Å². The Kier molecular flexibility index (Phi) is 4.83. The second-order valence-corrected chi connectivity index (χ2v) is 5.74. The zero-order chi connectivity index (χ0) is 13.0. The van der Waals surface area contributed by atoms with E-state index < -0.39 is 0 Å². The minimum Gasteiger partial charge on any atom is -0.453 e. The summed E-state index contributed by atoms with van der Waals surface area (Å²) < 4.78 is 6.30. The number of piperidine rings is 1. The predicted molar refractivity (Wildman–Crippen MR) is 72.8 cm³/mol. The van der Waals surface area contributed by atoms with Gasteiger partial charge in [-0.1, -0.05) is 0 Å². The number of rotatable bonds is 5. The van der Waals surface area contributed by atoms with Crippen LogP contribution >= 0.6 is 15.9 Å². The van der Waals surface area contributed by atoms with E-state index in [9.17, 15) is 4.79 Å². The molecule has 1 fully saturated rings. The Morgan fingerprint density at radius 1 is 1.56 bits per heavy atom. The van der Waals surface area contributed by atoms with Gasteiger partial charge in [0.2, 0.25) is 5.91 Å². The zero-order valence-electron chi connectivity index (χ0n) is 10.4. The Morgan fingerprint density at radius 3 is 3.06 bits per heavy atom. The Labute approximate surface area is 116 Å². The maximum Gasteiger partial charge on any atom is 0.217 e. The van der Waals surface area contributed by atoms with Crippen LogP contribution in [0.3, 0.4) is 0 Å². The molecule has 1 aliphatic heterocycles. The number of hydrogen-bond acceptors (Lipinski definition) is 3. The van der Waals surface area contributed by atoms with Crippen molar-refractivity contribution in [3.63, 3.8) is 0 Å². The van der Waals surface area contributed by atoms with Crippen LogP contribution in [-0.4, -0.2) is 23.9 Å². The molecule has 0 radical (unpaired) electrons. The van der Waals surface area contributed by atoms with Crippen molar-refractivity contribution in [2.24, 2.45) is 11.7 Å². The molecule has 100 valence electrons. The van der Waals surface area contributed by atoms with Gasteiger partial charge in [-0.15, -0.1) is 0 Å². The number of nitrogens with zero attached hydrogens (tertiary/aromatic N) is 1. The fourth-order valence-corrected chi connectivity index (χ4v) is 2.87. The van der Waals surface area contributed by atoms with Crippen LogP contribution in [-0.2, 0) is 11.3 Å². The van der Waals surface area contributed by atoms with E-state index in [2.05, 4.69) is 20.8 Å². The summed E-state index contributed by atoms with van der Waals surface area (Å²) in [7, 11) is 0. The number of primary amides is 1. The summed E-state index contributed by atoms with van der Waals surface area (Å²) in [5.41, 5.74) is 5.20. The van der Waals surface area contributed by atoms with Crippen LogP contribution in [0.25, 0.3) is 0 Å². The molecule has 18 heavy (non-hydrogen) atoms. The predicted octanol–water partition coefficient (Wildman–Crippen LogP) is 2.52. The second kappa shape index (κ2) is 6.38. The van der Waals surface area contributed by atoms with Crippen molar-refractivity contribution >= 4 is 21.8 Å². The van der Waals surface area contributed by atoms with Gasteiger partial charge < -0.3 is 10.2 Å². The maximum absolute atomic E-state index is 10.8. The molecule has 0 aliphatic carbocycles. The van der Waals surface area contributed by atoms with Gasteiger partial charge in [0.25, 0.3) is 0 Å². The first-order valence-corrected chi connectivity index (χ1v) is 7.17. The molecule has 1 saturated heterocycles. The number of nitrogens with two attached hydrogens (primary N) is 1. The van der Waals surface area contributed by atoms with Crippen LogP contribution in [0.1, 0.15) is 31.4 Å². The average molecular weight is 315 g/mol. The van der Waals surface area contributed by atoms with Crippen LogP contribution in [0, 0.1) is 5.92 Å². The Morgan fingerprint density at radius 2 is 2.39 bits per heavy atom. The fraction of sp³-hybridized carbons (Fsp3) is 0.615. The lowest BCUT2D eigenvalue weighted by Crippen LogP contribution is -2.35. The Hall–Kier alpha value is -0.810. The molecule has 2 N–H and O–H groups in total. The quantitative estimate of drug-likeness (QED) is 0.908. The third kappa shape index (κ3) is 4.14. The van der Waals surface area contributed by atoms with Gasteiger partial charge in [0.15, 0.2) is 4.67 Å². The van der Waals surface area contributed by atoms with Crippen molar-refractivity contribution in [3.05, 3.63) is 22.6 Å². The molecule has 5 heteroatoms. The number of furan rings is 1. The fourth-order valence-electron chi connectivity index (χ4n) is 2.53. The number of likely N-dealkylation sites (tertiary alicyclic amines) is 1. The molecule has 2 rings (SSSR count). The van der Waals surface area contributed by atoms with Gasteiger partial charge in [0.05, 0.1) is 6.54 Å². The van der Waals surface area contributed by atoms with Crippen LogP contribution in [0.4, 0.5) is 0 Å². The average Bonchev–Trinajstić information content (AvgIpc) is 2.73. The highest BCUT2D eigenvalue weighted by Crippen LogP contribution is 2.23. The molecule has 1 aromatic rings. The van der Waals surface area contributed by atoms with Gasteiger partial charge in [0.1, 0.15) is 5.76 Å². The molecular formula is C13H19BrN2O2. The molecule has 4 nitrogen and oxygen atoms in total. The summed E-state index contributed by atoms with van der Waals surface area (Å²) in [5, 5.41) is 0. The van der Waals surface area contributed by atoms with Crippen molar-refractivity contribution in [3.8, 4) is 0 Å². The molecule has 0 saturated carbocycles. The number of carbonyl (C=O) groups excluding carboxylic acids is 1. The van der Waals surface area contributed by atoms with Crippen molar-refractivity contribution in [2.45, 2.75) is 32.2 Å². The highest BCUT2D eigenvalue weighted by Gasteiger charge is 2.21. The largest absolute Gasteiger partial charge is 0.453 e. The minimum absolute atomic E-state index is 0.193. The van der Waals surface area contributed by atoms with E-state index in [1.807, 2.05) is 12.1 Å². The van der Waals surface area contributed by atoms with Crippen LogP contribution < -0.4 is 5.73 Å². The molecule has 0 bridgehead atoms. The van der Waals surface area contributed by atoms with Gasteiger partial charge in [0, 0.05) is 13.0 Å². The molecule has 2 heterocycles. The third-order valence-corrected chi connectivity index (χ3v) is 3.84. The van der Waals surface area contributed by atoms with Gasteiger partial charge in [-0.05, 0) is 59.8 Å². The second-order valence-electron chi connectivity index (χ2n) is 4.95. The standard InChI is InChI=1S/C13H19BrN2O2/c14-12-5-4-11(18-12)9-16-7-1-2-10(8-16)3-6-13(15)17/h4-5,10H,1-3,6-9H2,(H2,15,17). The van der Waals surface area contributed by atoms with Gasteiger partial charge in [-0.25, -0.2) is 0 Å². The summed E-state index contributed by atoms with van der Waals surface area (Å²) in [4.78, 5) is 13.2. The monoisotopic (exact) mass is 314 g/mol. The van der Waals surface area contributed by atoms with Crippen molar-refractivity contribution < 1.29 is 9.21 Å². The molecular weight excluding hydrogens is 296 g/mol. The first kappa shape index (κ1) is 13.6. The molecule has 0 spiro atoms. The summed E-state index contributed by atoms with van der Waals surface area (Å²) in [6.07, 6.45) is 3.80. The number of amides is 1. The number of hydrogen-bond donors (Lipinski definition) is 1. The van der Waals surface area contributed by atoms with Crippen LogP contribution in [0.2, 0.25) is 0 Å². The van der Waals surface area contributed by atoms with Crippen LogP contribution in [0.15, 0.2) is 21.2 Å². The normalized spacial score (nSPS) is 21.1. The minimum atomic E-state index is -0.193. The highest BCUT2D eigenvalue weighted by atomic mass is 79.9. The van der Waals surface area contributed by atoms with Gasteiger partial charge in [-0.2, -0.15) is 0 Å². The Bertz CT molecular complexity index is 405. The lowest BCUT2D eigenvalue weighted by Gasteiger charge is -2.31. The molecule has 1 aromatic heterocycles. The van der Waals surface area contributed by atoms with E-state index in [1.54, 1.807) is 0 Å². The highest BCUT2D eigenvalue weighted by molar-refractivity contribution is 9.10. The summed E-state index contributed by atoms with van der Waals surface area (Å²) in [5.74, 6) is 1.38. The lowest BCUT2D eigenvalue weighted by atomic mass is 9.93. The van der Waals surface area contributed by atoms with E-state index >= 15 is 0 Å². The van der Waals surface area contributed by atoms with E-state index in [1.165, 1.54) is 12.8 Å². The summed E-state index contributed by atoms with van der Waals surface area (Å²) in [6.45, 7) is 2.98. The van der Waals surface area contributed by atoms with Crippen LogP contribution in [0.5, 0.6) is 0 Å². The van der Waals surface area contributed by atoms with Gasteiger partial charge >= 0.3 is 0 Å². The zero-order valence-corrected chi connectivity index (χ0v) is 12.0. The number of halogens is 1. The first-order chi connectivity index (χ1) is 8.63. The summed E-state index contributed by atoms with van der Waals surface area (Å²) in [6, 6.07) is 3.92. The number of carbonyl (C=O) groups is 1. The third-order valence-electron chi connectivity index (χ3n) is 3.41. The summed E-state index contributed by atoms with van der Waals surface area (Å²) >= 11 is 3.31. The Balaban J connectivity index is 1.81. The first-order valence-electron chi connectivity index (χ1n) is 6.38. The van der Waals surface area contributed by atoms with Crippen molar-refractivity contribution in [2.75, 3.05) is 13.1 Å². The lowest BCUT2D eigenvalue weighted by molar-refractivity contribution is -0.118. The van der Waals surface area contributed by atoms with Crippen molar-refractivity contribution in [1.82, 2.24) is 4.90 Å². The molecule has 1 unspecified atom stereocenters. The molecule has 0 aromatic carbocycles. The topological polar surface area (TPSA) is 59.5 Å².